The first-order valence-electron chi connectivity index (χ1n) is 7.02. The van der Waals surface area contributed by atoms with E-state index in [9.17, 15) is 0 Å². The molecule has 4 nitrogen and oxygen atoms in total. The van der Waals surface area contributed by atoms with Crippen molar-refractivity contribution in [2.75, 3.05) is 39.6 Å². The van der Waals surface area contributed by atoms with Gasteiger partial charge in [-0.2, -0.15) is 0 Å². The van der Waals surface area contributed by atoms with Crippen molar-refractivity contribution in [3.05, 3.63) is 25.2 Å². The number of hydrogen-bond acceptors (Lipinski definition) is 4. The average Bonchev–Trinajstić information content (AvgIpc) is 2.43. The van der Waals surface area contributed by atoms with Gasteiger partial charge >= 0.3 is 0 Å². The molecule has 0 aliphatic carbocycles. The summed E-state index contributed by atoms with van der Waals surface area (Å²) in [5.74, 6) is 0. The van der Waals surface area contributed by atoms with Gasteiger partial charge in [0, 0.05) is 13.2 Å². The van der Waals surface area contributed by atoms with Crippen molar-refractivity contribution in [2.24, 2.45) is 0 Å². The van der Waals surface area contributed by atoms with E-state index in [2.05, 4.69) is 6.58 Å². The highest BCUT2D eigenvalue weighted by Crippen LogP contribution is 1.94. The first kappa shape index (κ1) is 18.0. The number of unbranched alkanes of at least 4 members (excludes halogenated alkanes) is 2. The molecule has 0 aromatic carbocycles. The van der Waals surface area contributed by atoms with Crippen LogP contribution in [0.25, 0.3) is 0 Å². The molecule has 0 heterocycles. The van der Waals surface area contributed by atoms with Crippen molar-refractivity contribution in [3.8, 4) is 0 Å². The summed E-state index contributed by atoms with van der Waals surface area (Å²) in [6.45, 7) is 9.77. The Morgan fingerprint density at radius 3 is 1.79 bits per heavy atom. The Bertz CT molecular complexity index is 204. The second-order valence-electron chi connectivity index (χ2n) is 4.02. The van der Waals surface area contributed by atoms with Crippen molar-refractivity contribution in [1.82, 2.24) is 0 Å². The molecule has 0 atom stereocenters. The molecule has 0 aromatic heterocycles. The fourth-order valence-electron chi connectivity index (χ4n) is 1.35. The molecule has 0 aliphatic rings. The lowest BCUT2D eigenvalue weighted by Crippen LogP contribution is -2.07. The maximum atomic E-state index is 5.45. The molecule has 4 heteroatoms. The minimum absolute atomic E-state index is 0.664. The van der Waals surface area contributed by atoms with Crippen LogP contribution in [0.4, 0.5) is 0 Å². The van der Waals surface area contributed by atoms with Crippen molar-refractivity contribution >= 4 is 0 Å². The van der Waals surface area contributed by atoms with Gasteiger partial charge in [-0.15, -0.1) is 0 Å². The summed E-state index contributed by atoms with van der Waals surface area (Å²) < 4.78 is 21.1. The summed E-state index contributed by atoms with van der Waals surface area (Å²) in [6.07, 6.45) is 9.13. The zero-order valence-corrected chi connectivity index (χ0v) is 12.1. The highest BCUT2D eigenvalue weighted by molar-refractivity contribution is 4.64. The van der Waals surface area contributed by atoms with Crippen LogP contribution in [0.5, 0.6) is 0 Å². The first-order valence-corrected chi connectivity index (χ1v) is 7.02. The van der Waals surface area contributed by atoms with E-state index in [-0.39, 0.29) is 0 Å². The lowest BCUT2D eigenvalue weighted by molar-refractivity contribution is 0.0425. The van der Waals surface area contributed by atoms with E-state index in [4.69, 9.17) is 18.9 Å². The largest absolute Gasteiger partial charge is 0.502 e. The topological polar surface area (TPSA) is 36.9 Å². The van der Waals surface area contributed by atoms with Gasteiger partial charge in [-0.05, 0) is 32.6 Å². The van der Waals surface area contributed by atoms with Crippen LogP contribution in [-0.4, -0.2) is 39.6 Å². The predicted octanol–water partition coefficient (Wildman–Crippen LogP) is 3.29. The van der Waals surface area contributed by atoms with Gasteiger partial charge in [0.05, 0.1) is 39.0 Å². The Labute approximate surface area is 117 Å². The molecular formula is C15H28O4. The molecule has 0 fully saturated rings. The Morgan fingerprint density at radius 2 is 1.26 bits per heavy atom. The zero-order valence-electron chi connectivity index (χ0n) is 12.1. The molecule has 19 heavy (non-hydrogen) atoms. The Balaban J connectivity index is 2.93. The van der Waals surface area contributed by atoms with E-state index in [0.717, 1.165) is 52.1 Å². The molecule has 0 spiro atoms. The average molecular weight is 272 g/mol. The summed E-state index contributed by atoms with van der Waals surface area (Å²) in [4.78, 5) is 0. The van der Waals surface area contributed by atoms with E-state index in [1.165, 1.54) is 6.26 Å². The summed E-state index contributed by atoms with van der Waals surface area (Å²) in [5.41, 5.74) is 0. The molecule has 0 radical (unpaired) electrons. The van der Waals surface area contributed by atoms with E-state index < -0.39 is 0 Å². The molecule has 0 aromatic rings. The Hall–Kier alpha value is -1.00. The van der Waals surface area contributed by atoms with E-state index in [1.807, 2.05) is 13.0 Å². The molecule has 0 saturated heterocycles. The van der Waals surface area contributed by atoms with Crippen LogP contribution in [0.15, 0.2) is 25.2 Å². The first-order chi connectivity index (χ1) is 9.41. The quantitative estimate of drug-likeness (QED) is 0.338. The van der Waals surface area contributed by atoms with Crippen LogP contribution in [0.2, 0.25) is 0 Å². The predicted molar refractivity (Wildman–Crippen MR) is 77.0 cm³/mol. The number of rotatable bonds is 15. The van der Waals surface area contributed by atoms with Gasteiger partial charge in [0.2, 0.25) is 0 Å². The standard InChI is InChI=1S/C15H28O4/c1-3-9-17-11-7-8-13-19-15-14-18-12-6-5-10-16-4-2/h3-4,9H,2,5-8,10-15H2,1H3. The van der Waals surface area contributed by atoms with Gasteiger partial charge in [0.1, 0.15) is 0 Å². The lowest BCUT2D eigenvalue weighted by Gasteiger charge is -2.06. The Morgan fingerprint density at radius 1 is 0.737 bits per heavy atom. The molecule has 112 valence electrons. The monoisotopic (exact) mass is 272 g/mol. The van der Waals surface area contributed by atoms with Crippen LogP contribution < -0.4 is 0 Å². The molecule has 0 saturated carbocycles. The van der Waals surface area contributed by atoms with Gasteiger partial charge in [-0.1, -0.05) is 12.7 Å². The highest BCUT2D eigenvalue weighted by atomic mass is 16.5. The van der Waals surface area contributed by atoms with Crippen LogP contribution in [0, 0.1) is 0 Å². The smallest absolute Gasteiger partial charge is 0.0874 e. The van der Waals surface area contributed by atoms with Crippen LogP contribution >= 0.6 is 0 Å². The highest BCUT2D eigenvalue weighted by Gasteiger charge is 1.92. The second-order valence-corrected chi connectivity index (χ2v) is 4.02. The fourth-order valence-corrected chi connectivity index (χ4v) is 1.35. The van der Waals surface area contributed by atoms with Crippen molar-refractivity contribution in [3.63, 3.8) is 0 Å². The number of allylic oxidation sites excluding steroid dienone is 1. The Kier molecular flexibility index (Phi) is 16.1. The van der Waals surface area contributed by atoms with Crippen LogP contribution in [0.3, 0.4) is 0 Å². The van der Waals surface area contributed by atoms with Crippen LogP contribution in [-0.2, 0) is 18.9 Å². The maximum Gasteiger partial charge on any atom is 0.0874 e. The van der Waals surface area contributed by atoms with Crippen molar-refractivity contribution in [2.45, 2.75) is 32.6 Å². The van der Waals surface area contributed by atoms with Crippen LogP contribution in [0.1, 0.15) is 32.6 Å². The molecule has 0 bridgehead atoms. The second kappa shape index (κ2) is 17.0. The number of ether oxygens (including phenoxy) is 4. The molecule has 0 aliphatic heterocycles. The van der Waals surface area contributed by atoms with Gasteiger partial charge in [-0.25, -0.2) is 0 Å². The molecule has 0 amide bonds. The summed E-state index contributed by atoms with van der Waals surface area (Å²) in [6, 6.07) is 0. The van der Waals surface area contributed by atoms with E-state index in [1.54, 1.807) is 6.26 Å². The summed E-state index contributed by atoms with van der Waals surface area (Å²) in [5, 5.41) is 0. The summed E-state index contributed by atoms with van der Waals surface area (Å²) in [7, 11) is 0. The van der Waals surface area contributed by atoms with Crippen molar-refractivity contribution < 1.29 is 18.9 Å². The zero-order chi connectivity index (χ0) is 14.0. The SMILES string of the molecule is C=COCCCCOCCOCCCCOC=CC. The lowest BCUT2D eigenvalue weighted by atomic mass is 10.3. The van der Waals surface area contributed by atoms with Gasteiger partial charge in [-0.3, -0.25) is 0 Å². The molecule has 0 unspecified atom stereocenters. The maximum absolute atomic E-state index is 5.45. The minimum Gasteiger partial charge on any atom is -0.502 e. The minimum atomic E-state index is 0.664. The van der Waals surface area contributed by atoms with E-state index in [0.29, 0.717) is 13.2 Å². The molecule has 0 N–H and O–H groups in total. The third kappa shape index (κ3) is 17.0. The normalized spacial score (nSPS) is 10.8. The summed E-state index contributed by atoms with van der Waals surface area (Å²) >= 11 is 0. The van der Waals surface area contributed by atoms with Gasteiger partial charge in [0.15, 0.2) is 0 Å². The third-order valence-electron chi connectivity index (χ3n) is 2.32. The van der Waals surface area contributed by atoms with Gasteiger partial charge in [0.25, 0.3) is 0 Å². The van der Waals surface area contributed by atoms with E-state index >= 15 is 0 Å². The third-order valence-corrected chi connectivity index (χ3v) is 2.32. The van der Waals surface area contributed by atoms with Crippen molar-refractivity contribution in [1.29, 1.82) is 0 Å². The molecular weight excluding hydrogens is 244 g/mol. The molecule has 0 rings (SSSR count). The van der Waals surface area contributed by atoms with Gasteiger partial charge < -0.3 is 18.9 Å². The fraction of sp³-hybridized carbons (Fsp3) is 0.733. The number of hydrogen-bond donors (Lipinski definition) is 0.